The Morgan fingerprint density at radius 1 is 1.00 bits per heavy atom. The van der Waals surface area contributed by atoms with Gasteiger partial charge in [-0.15, -0.1) is 0 Å². The van der Waals surface area contributed by atoms with E-state index in [2.05, 4.69) is 13.8 Å². The smallest absolute Gasteiger partial charge is 0.267 e. The second kappa shape index (κ2) is 8.07. The van der Waals surface area contributed by atoms with Crippen LogP contribution in [0.25, 0.3) is 0 Å². The van der Waals surface area contributed by atoms with E-state index in [-0.39, 0.29) is 11.7 Å². The molecule has 4 heteroatoms. The Morgan fingerprint density at radius 3 is 2.00 bits per heavy atom. The molecular weight excluding hydrogens is 224 g/mol. The van der Waals surface area contributed by atoms with Gasteiger partial charge in [-0.1, -0.05) is 40.5 Å². The van der Waals surface area contributed by atoms with E-state index >= 15 is 0 Å². The van der Waals surface area contributed by atoms with Crippen LogP contribution in [0.3, 0.4) is 0 Å². The van der Waals surface area contributed by atoms with Gasteiger partial charge >= 0.3 is 0 Å². The first-order valence-corrected chi connectivity index (χ1v) is 7.86. The zero-order valence-corrected chi connectivity index (χ0v) is 11.8. The predicted octanol–water partition coefficient (Wildman–Crippen LogP) is 3.21. The second-order valence-corrected chi connectivity index (χ2v) is 6.48. The molecule has 2 atom stereocenters. The van der Waals surface area contributed by atoms with Crippen LogP contribution in [-0.4, -0.2) is 20.8 Å². The largest absolute Gasteiger partial charge is 0.270 e. The highest BCUT2D eigenvalue weighted by atomic mass is 32.2. The van der Waals surface area contributed by atoms with Crippen LogP contribution in [0.4, 0.5) is 0 Å². The summed E-state index contributed by atoms with van der Waals surface area (Å²) in [5.74, 6) is 0.664. The first-order valence-electron chi connectivity index (χ1n) is 6.28. The van der Waals surface area contributed by atoms with Crippen molar-refractivity contribution in [2.24, 2.45) is 11.8 Å². The topological polar surface area (TPSA) is 43.4 Å². The molecular formula is C12H26O3S. The highest BCUT2D eigenvalue weighted by Crippen LogP contribution is 2.12. The van der Waals surface area contributed by atoms with Crippen LogP contribution in [0.1, 0.15) is 53.4 Å². The van der Waals surface area contributed by atoms with Crippen LogP contribution in [0.2, 0.25) is 0 Å². The lowest BCUT2D eigenvalue weighted by Crippen LogP contribution is -2.19. The Morgan fingerprint density at radius 2 is 1.50 bits per heavy atom. The molecule has 0 N–H and O–H groups in total. The van der Waals surface area contributed by atoms with Gasteiger partial charge in [-0.25, -0.2) is 0 Å². The maximum Gasteiger partial charge on any atom is 0.267 e. The molecule has 0 radical (unpaired) electrons. The van der Waals surface area contributed by atoms with Crippen molar-refractivity contribution in [1.29, 1.82) is 0 Å². The number of hydrogen-bond donors (Lipinski definition) is 0. The van der Waals surface area contributed by atoms with Crippen LogP contribution >= 0.6 is 0 Å². The van der Waals surface area contributed by atoms with E-state index in [1.807, 2.05) is 13.8 Å². The fraction of sp³-hybridized carbons (Fsp3) is 1.00. The van der Waals surface area contributed by atoms with Crippen molar-refractivity contribution < 1.29 is 12.6 Å². The Balaban J connectivity index is 3.96. The standard InChI is InChI=1S/C12H26O3S/c1-5-7-11(3)9-15-16(13,14)10-12(4)8-6-2/h11-12H,5-10H2,1-4H3. The third-order valence-corrected chi connectivity index (χ3v) is 4.06. The van der Waals surface area contributed by atoms with Crippen LogP contribution in [0.15, 0.2) is 0 Å². The summed E-state index contributed by atoms with van der Waals surface area (Å²) in [5.41, 5.74) is 0. The lowest BCUT2D eigenvalue weighted by atomic mass is 10.1. The van der Waals surface area contributed by atoms with Gasteiger partial charge in [0.1, 0.15) is 0 Å². The minimum absolute atomic E-state index is 0.152. The molecule has 0 aliphatic carbocycles. The number of hydrogen-bond acceptors (Lipinski definition) is 3. The van der Waals surface area contributed by atoms with Crippen LogP contribution in [-0.2, 0) is 14.3 Å². The van der Waals surface area contributed by atoms with E-state index < -0.39 is 10.1 Å². The fourth-order valence-corrected chi connectivity index (χ4v) is 3.17. The van der Waals surface area contributed by atoms with Crippen LogP contribution in [0, 0.1) is 11.8 Å². The van der Waals surface area contributed by atoms with E-state index in [1.54, 1.807) is 0 Å². The van der Waals surface area contributed by atoms with E-state index in [1.165, 1.54) is 0 Å². The average Bonchev–Trinajstić information content (AvgIpc) is 2.15. The highest BCUT2D eigenvalue weighted by Gasteiger charge is 2.17. The molecule has 0 heterocycles. The summed E-state index contributed by atoms with van der Waals surface area (Å²) in [6.45, 7) is 8.46. The monoisotopic (exact) mass is 250 g/mol. The maximum atomic E-state index is 11.6. The molecule has 0 rings (SSSR count). The van der Waals surface area contributed by atoms with Gasteiger partial charge < -0.3 is 0 Å². The Labute approximate surface area is 101 Å². The Hall–Kier alpha value is -0.0900. The van der Waals surface area contributed by atoms with E-state index in [0.717, 1.165) is 25.7 Å². The first-order chi connectivity index (χ1) is 7.41. The predicted molar refractivity (Wildman–Crippen MR) is 67.9 cm³/mol. The molecule has 0 spiro atoms. The maximum absolute atomic E-state index is 11.6. The van der Waals surface area contributed by atoms with Crippen molar-refractivity contribution in [2.45, 2.75) is 53.4 Å². The Bertz CT molecular complexity index is 259. The van der Waals surface area contributed by atoms with E-state index in [9.17, 15) is 8.42 Å². The molecule has 0 aliphatic heterocycles. The molecule has 3 nitrogen and oxygen atoms in total. The molecule has 98 valence electrons. The summed E-state index contributed by atoms with van der Waals surface area (Å²) in [5, 5.41) is 0. The fourth-order valence-electron chi connectivity index (χ4n) is 1.77. The highest BCUT2D eigenvalue weighted by molar-refractivity contribution is 7.86. The van der Waals surface area contributed by atoms with Crippen LogP contribution < -0.4 is 0 Å². The summed E-state index contributed by atoms with van der Waals surface area (Å²) in [6.07, 6.45) is 4.03. The van der Waals surface area contributed by atoms with E-state index in [0.29, 0.717) is 12.5 Å². The lowest BCUT2D eigenvalue weighted by molar-refractivity contribution is 0.254. The first kappa shape index (κ1) is 15.9. The minimum Gasteiger partial charge on any atom is -0.270 e. The SMILES string of the molecule is CCCC(C)COS(=O)(=O)CC(C)CCC. The van der Waals surface area contributed by atoms with Gasteiger partial charge in [0.05, 0.1) is 12.4 Å². The molecule has 0 saturated carbocycles. The van der Waals surface area contributed by atoms with Gasteiger partial charge in [-0.3, -0.25) is 4.18 Å². The molecule has 0 aliphatic rings. The van der Waals surface area contributed by atoms with E-state index in [4.69, 9.17) is 4.18 Å². The molecule has 0 bridgehead atoms. The van der Waals surface area contributed by atoms with Gasteiger partial charge in [0.2, 0.25) is 0 Å². The Kier molecular flexibility index (Phi) is 8.02. The average molecular weight is 250 g/mol. The third kappa shape index (κ3) is 8.11. The van der Waals surface area contributed by atoms with Gasteiger partial charge in [0.15, 0.2) is 0 Å². The zero-order valence-electron chi connectivity index (χ0n) is 11.0. The summed E-state index contributed by atoms with van der Waals surface area (Å²) in [7, 11) is -3.32. The van der Waals surface area contributed by atoms with Crippen LogP contribution in [0.5, 0.6) is 0 Å². The summed E-state index contributed by atoms with van der Waals surface area (Å²) in [6, 6.07) is 0. The molecule has 2 unspecified atom stereocenters. The van der Waals surface area contributed by atoms with Gasteiger partial charge in [-0.05, 0) is 24.7 Å². The second-order valence-electron chi connectivity index (χ2n) is 4.80. The lowest BCUT2D eigenvalue weighted by Gasteiger charge is -2.13. The van der Waals surface area contributed by atoms with Crippen molar-refractivity contribution in [3.63, 3.8) is 0 Å². The summed E-state index contributed by atoms with van der Waals surface area (Å²) in [4.78, 5) is 0. The van der Waals surface area contributed by atoms with Crippen molar-refractivity contribution in [2.75, 3.05) is 12.4 Å². The molecule has 0 aromatic carbocycles. The van der Waals surface area contributed by atoms with Crippen molar-refractivity contribution in [3.8, 4) is 0 Å². The summed E-state index contributed by atoms with van der Waals surface area (Å²) < 4.78 is 28.2. The molecule has 16 heavy (non-hydrogen) atoms. The zero-order chi connectivity index (χ0) is 12.6. The molecule has 0 fully saturated rings. The minimum atomic E-state index is -3.32. The molecule has 0 aromatic heterocycles. The van der Waals surface area contributed by atoms with Crippen molar-refractivity contribution in [3.05, 3.63) is 0 Å². The van der Waals surface area contributed by atoms with Gasteiger partial charge in [-0.2, -0.15) is 8.42 Å². The third-order valence-electron chi connectivity index (χ3n) is 2.58. The molecule has 0 amide bonds. The van der Waals surface area contributed by atoms with Gasteiger partial charge in [0.25, 0.3) is 10.1 Å². The normalized spacial score (nSPS) is 16.0. The number of rotatable bonds is 9. The van der Waals surface area contributed by atoms with Crippen molar-refractivity contribution in [1.82, 2.24) is 0 Å². The molecule has 0 aromatic rings. The summed E-state index contributed by atoms with van der Waals surface area (Å²) >= 11 is 0. The van der Waals surface area contributed by atoms with Crippen molar-refractivity contribution >= 4 is 10.1 Å². The van der Waals surface area contributed by atoms with Gasteiger partial charge in [0, 0.05) is 0 Å². The molecule has 0 saturated heterocycles. The quantitative estimate of drug-likeness (QED) is 0.590.